The number of likely N-dealkylation sites (N-methyl/N-ethyl adjacent to an activating group) is 1. The van der Waals surface area contributed by atoms with Gasteiger partial charge in [0.2, 0.25) is 5.88 Å². The number of carbonyl (C=O) groups excluding carboxylic acids is 1. The fourth-order valence-electron chi connectivity index (χ4n) is 2.04. The maximum Gasteiger partial charge on any atom is 0.213 e. The molecular weight excluding hydrogens is 308 g/mol. The lowest BCUT2D eigenvalue weighted by molar-refractivity contribution is 0.111. The van der Waals surface area contributed by atoms with Gasteiger partial charge in [0.1, 0.15) is 12.4 Å². The zero-order chi connectivity index (χ0) is 17.4. The normalized spacial score (nSPS) is 11.2. The van der Waals surface area contributed by atoms with E-state index in [9.17, 15) is 4.79 Å². The van der Waals surface area contributed by atoms with E-state index in [2.05, 4.69) is 15.3 Å². The lowest BCUT2D eigenvalue weighted by Gasteiger charge is -2.12. The summed E-state index contributed by atoms with van der Waals surface area (Å²) in [6, 6.07) is 5.20. The molecule has 7 heteroatoms. The fourth-order valence-corrected chi connectivity index (χ4v) is 2.04. The van der Waals surface area contributed by atoms with Gasteiger partial charge in [-0.05, 0) is 19.2 Å². The number of pyridine rings is 2. The van der Waals surface area contributed by atoms with Gasteiger partial charge in [-0.2, -0.15) is 0 Å². The highest BCUT2D eigenvalue weighted by atomic mass is 16.5. The summed E-state index contributed by atoms with van der Waals surface area (Å²) >= 11 is 0. The first-order chi connectivity index (χ1) is 11.7. The number of ether oxygens (including phenoxy) is 2. The van der Waals surface area contributed by atoms with E-state index in [1.807, 2.05) is 19.2 Å². The molecule has 2 aromatic heterocycles. The molecule has 0 aliphatic carbocycles. The first kappa shape index (κ1) is 17.4. The summed E-state index contributed by atoms with van der Waals surface area (Å²) < 4.78 is 10.7. The Morgan fingerprint density at radius 1 is 1.42 bits per heavy atom. The maximum atomic E-state index is 11.2. The Kier molecular flexibility index (Phi) is 6.27. The predicted octanol–water partition coefficient (Wildman–Crippen LogP) is 1.40. The van der Waals surface area contributed by atoms with E-state index in [1.165, 1.54) is 19.4 Å². The van der Waals surface area contributed by atoms with Gasteiger partial charge < -0.3 is 20.5 Å². The minimum absolute atomic E-state index is 0.214. The summed E-state index contributed by atoms with van der Waals surface area (Å²) in [4.78, 5) is 19.5. The quantitative estimate of drug-likeness (QED) is 0.706. The minimum atomic E-state index is 0.214. The summed E-state index contributed by atoms with van der Waals surface area (Å²) in [6.07, 6.45) is 5.67. The number of rotatable bonds is 8. The Balaban J connectivity index is 2.20. The standard InChI is InChI=1S/C17H20N4O3/c1-19-7-5-14(18)17-12(4-3-6-20-17)11-24-15-9-21-16(23-2)8-13(15)10-22/h3-6,8-10,19H,7,11,18H2,1-2H3/b14-5-. The second-order valence-corrected chi connectivity index (χ2v) is 4.90. The van der Waals surface area contributed by atoms with Gasteiger partial charge in [0.25, 0.3) is 0 Å². The third-order valence-corrected chi connectivity index (χ3v) is 3.28. The van der Waals surface area contributed by atoms with Crippen molar-refractivity contribution in [1.82, 2.24) is 15.3 Å². The van der Waals surface area contributed by atoms with Crippen LogP contribution in [0.5, 0.6) is 11.6 Å². The van der Waals surface area contributed by atoms with Gasteiger partial charge in [0.05, 0.1) is 30.3 Å². The van der Waals surface area contributed by atoms with Crippen LogP contribution in [0.25, 0.3) is 5.70 Å². The number of carbonyl (C=O) groups is 1. The largest absolute Gasteiger partial charge is 0.486 e. The molecule has 0 unspecified atom stereocenters. The van der Waals surface area contributed by atoms with E-state index in [1.54, 1.807) is 12.3 Å². The molecule has 0 aliphatic rings. The van der Waals surface area contributed by atoms with Crippen molar-refractivity contribution in [2.24, 2.45) is 5.73 Å². The smallest absolute Gasteiger partial charge is 0.213 e. The Morgan fingerprint density at radius 2 is 2.25 bits per heavy atom. The van der Waals surface area contributed by atoms with Crippen LogP contribution < -0.4 is 20.5 Å². The third kappa shape index (κ3) is 4.30. The molecule has 0 amide bonds. The van der Waals surface area contributed by atoms with E-state index in [0.717, 1.165) is 5.56 Å². The molecular formula is C17H20N4O3. The highest BCUT2D eigenvalue weighted by Crippen LogP contribution is 2.22. The molecule has 0 radical (unpaired) electrons. The lowest BCUT2D eigenvalue weighted by atomic mass is 10.1. The number of methoxy groups -OCH3 is 1. The van der Waals surface area contributed by atoms with Crippen molar-refractivity contribution in [3.8, 4) is 11.6 Å². The van der Waals surface area contributed by atoms with Gasteiger partial charge in [0.15, 0.2) is 6.29 Å². The van der Waals surface area contributed by atoms with Gasteiger partial charge in [0, 0.05) is 24.4 Å². The van der Waals surface area contributed by atoms with Crippen molar-refractivity contribution < 1.29 is 14.3 Å². The van der Waals surface area contributed by atoms with Crippen molar-refractivity contribution >= 4 is 12.0 Å². The topological polar surface area (TPSA) is 99.4 Å². The molecule has 2 rings (SSSR count). The lowest BCUT2D eigenvalue weighted by Crippen LogP contribution is -2.11. The molecule has 3 N–H and O–H groups in total. The third-order valence-electron chi connectivity index (χ3n) is 3.28. The Bertz CT molecular complexity index is 732. The molecule has 0 aliphatic heterocycles. The van der Waals surface area contributed by atoms with Crippen LogP contribution in [-0.4, -0.2) is 37.0 Å². The Hall–Kier alpha value is -2.93. The van der Waals surface area contributed by atoms with Crippen molar-refractivity contribution in [3.05, 3.63) is 53.5 Å². The number of aldehydes is 1. The number of nitrogens with zero attached hydrogens (tertiary/aromatic N) is 2. The molecule has 0 saturated carbocycles. The van der Waals surface area contributed by atoms with Crippen LogP contribution in [-0.2, 0) is 6.61 Å². The summed E-state index contributed by atoms with van der Waals surface area (Å²) in [5.41, 5.74) is 8.46. The van der Waals surface area contributed by atoms with Crippen molar-refractivity contribution in [1.29, 1.82) is 0 Å². The molecule has 2 heterocycles. The first-order valence-corrected chi connectivity index (χ1v) is 7.36. The first-order valence-electron chi connectivity index (χ1n) is 7.36. The average molecular weight is 328 g/mol. The number of aromatic nitrogens is 2. The molecule has 24 heavy (non-hydrogen) atoms. The van der Waals surface area contributed by atoms with Crippen molar-refractivity contribution in [2.45, 2.75) is 6.61 Å². The molecule has 7 nitrogen and oxygen atoms in total. The van der Waals surface area contributed by atoms with E-state index in [0.29, 0.717) is 41.4 Å². The molecule has 0 saturated heterocycles. The highest BCUT2D eigenvalue weighted by molar-refractivity contribution is 5.79. The van der Waals surface area contributed by atoms with Crippen LogP contribution in [0.1, 0.15) is 21.6 Å². The van der Waals surface area contributed by atoms with Crippen molar-refractivity contribution in [3.63, 3.8) is 0 Å². The molecule has 0 aromatic carbocycles. The van der Waals surface area contributed by atoms with Gasteiger partial charge in [-0.1, -0.05) is 6.07 Å². The minimum Gasteiger partial charge on any atom is -0.486 e. The molecule has 126 valence electrons. The van der Waals surface area contributed by atoms with E-state index in [4.69, 9.17) is 15.2 Å². The molecule has 0 fully saturated rings. The van der Waals surface area contributed by atoms with Gasteiger partial charge in [-0.25, -0.2) is 4.98 Å². The number of hydrogen-bond donors (Lipinski definition) is 2. The average Bonchev–Trinajstić information content (AvgIpc) is 2.64. The Morgan fingerprint density at radius 3 is 2.96 bits per heavy atom. The molecule has 0 bridgehead atoms. The van der Waals surface area contributed by atoms with Crippen LogP contribution >= 0.6 is 0 Å². The molecule has 2 aromatic rings. The Labute approximate surface area is 140 Å². The van der Waals surface area contributed by atoms with E-state index < -0.39 is 0 Å². The summed E-state index contributed by atoms with van der Waals surface area (Å²) in [5, 5.41) is 3.00. The second kappa shape index (κ2) is 8.64. The van der Waals surface area contributed by atoms with Crippen molar-refractivity contribution in [2.75, 3.05) is 20.7 Å². The summed E-state index contributed by atoms with van der Waals surface area (Å²) in [7, 11) is 3.32. The fraction of sp³-hybridized carbons (Fsp3) is 0.235. The maximum absolute atomic E-state index is 11.2. The van der Waals surface area contributed by atoms with Crippen LogP contribution in [0.3, 0.4) is 0 Å². The van der Waals surface area contributed by atoms with Gasteiger partial charge in [-0.3, -0.25) is 9.78 Å². The number of hydrogen-bond acceptors (Lipinski definition) is 7. The van der Waals surface area contributed by atoms with Crippen LogP contribution in [0, 0.1) is 0 Å². The van der Waals surface area contributed by atoms with E-state index >= 15 is 0 Å². The van der Waals surface area contributed by atoms with Crippen LogP contribution in [0.2, 0.25) is 0 Å². The van der Waals surface area contributed by atoms with Gasteiger partial charge >= 0.3 is 0 Å². The summed E-state index contributed by atoms with van der Waals surface area (Å²) in [6.45, 7) is 0.854. The number of nitrogens with one attached hydrogen (secondary N) is 1. The number of nitrogens with two attached hydrogens (primary N) is 1. The monoisotopic (exact) mass is 328 g/mol. The SMILES string of the molecule is CNC/C=C(\N)c1ncccc1COc1cnc(OC)cc1C=O. The van der Waals surface area contributed by atoms with Crippen LogP contribution in [0.15, 0.2) is 36.7 Å². The molecule has 0 atom stereocenters. The van der Waals surface area contributed by atoms with Gasteiger partial charge in [-0.15, -0.1) is 0 Å². The highest BCUT2D eigenvalue weighted by Gasteiger charge is 2.10. The zero-order valence-corrected chi connectivity index (χ0v) is 13.7. The zero-order valence-electron chi connectivity index (χ0n) is 13.7. The van der Waals surface area contributed by atoms with E-state index in [-0.39, 0.29) is 6.61 Å². The summed E-state index contributed by atoms with van der Waals surface area (Å²) in [5.74, 6) is 0.726. The second-order valence-electron chi connectivity index (χ2n) is 4.90. The van der Waals surface area contributed by atoms with Crippen LogP contribution in [0.4, 0.5) is 0 Å². The molecule has 0 spiro atoms. The predicted molar refractivity (Wildman–Crippen MR) is 90.8 cm³/mol.